The number of furan rings is 1. The number of nitrogens with one attached hydrogen (secondary N) is 1. The summed E-state index contributed by atoms with van der Waals surface area (Å²) in [5.41, 5.74) is -0.865. The molecule has 0 atom stereocenters. The Morgan fingerprint density at radius 3 is 2.72 bits per heavy atom. The molecule has 2 rings (SSSR count). The van der Waals surface area contributed by atoms with Crippen molar-refractivity contribution in [2.45, 2.75) is 12.6 Å². The summed E-state index contributed by atoms with van der Waals surface area (Å²) in [5, 5.41) is 4.08. The van der Waals surface area contributed by atoms with Crippen molar-refractivity contribution >= 4 is 32.4 Å². The molecule has 0 unspecified atom stereocenters. The van der Waals surface area contributed by atoms with Crippen LogP contribution in [0.5, 0.6) is 0 Å². The van der Waals surface area contributed by atoms with Crippen LogP contribution in [0.4, 0.5) is 18.3 Å². The number of nitrogens with zero attached hydrogens (tertiary/aromatic N) is 1. The molecule has 18 heavy (non-hydrogen) atoms. The van der Waals surface area contributed by atoms with Crippen LogP contribution in [0.2, 0.25) is 0 Å². The normalized spacial score (nSPS) is 11.8. The van der Waals surface area contributed by atoms with Gasteiger partial charge in [-0.15, -0.1) is 11.3 Å². The average molecular weight is 341 g/mol. The molecule has 0 amide bonds. The van der Waals surface area contributed by atoms with Gasteiger partial charge < -0.3 is 9.73 Å². The molecule has 3 nitrogen and oxygen atoms in total. The van der Waals surface area contributed by atoms with Gasteiger partial charge in [0.25, 0.3) is 0 Å². The predicted octanol–water partition coefficient (Wildman–Crippen LogP) is 4.17. The lowest BCUT2D eigenvalue weighted by Crippen LogP contribution is -2.07. The van der Waals surface area contributed by atoms with E-state index in [1.807, 2.05) is 0 Å². The number of anilines is 1. The summed E-state index contributed by atoms with van der Waals surface area (Å²) in [7, 11) is 0. The van der Waals surface area contributed by atoms with Crippen LogP contribution in [0.25, 0.3) is 0 Å². The SMILES string of the molecule is FC(F)(F)c1csc(NCCc2ccc(Br)o2)n1. The first-order chi connectivity index (χ1) is 8.45. The highest BCUT2D eigenvalue weighted by molar-refractivity contribution is 9.10. The first-order valence-corrected chi connectivity index (χ1v) is 6.63. The first-order valence-electron chi connectivity index (χ1n) is 4.96. The van der Waals surface area contributed by atoms with Crippen LogP contribution in [-0.2, 0) is 12.6 Å². The molecular weight excluding hydrogens is 333 g/mol. The lowest BCUT2D eigenvalue weighted by Gasteiger charge is -2.01. The average Bonchev–Trinajstić information content (AvgIpc) is 2.87. The molecule has 0 aliphatic heterocycles. The van der Waals surface area contributed by atoms with Gasteiger partial charge in [0.1, 0.15) is 5.76 Å². The maximum atomic E-state index is 12.3. The van der Waals surface area contributed by atoms with E-state index >= 15 is 0 Å². The smallest absolute Gasteiger partial charge is 0.434 e. The molecule has 2 aromatic rings. The number of halogens is 4. The first kappa shape index (κ1) is 13.4. The Bertz CT molecular complexity index is 523. The van der Waals surface area contributed by atoms with Crippen LogP contribution in [0.3, 0.4) is 0 Å². The third-order valence-corrected chi connectivity index (χ3v) is 3.30. The van der Waals surface area contributed by atoms with Crippen LogP contribution in [-0.4, -0.2) is 11.5 Å². The Balaban J connectivity index is 1.85. The van der Waals surface area contributed by atoms with Crippen LogP contribution >= 0.6 is 27.3 Å². The molecule has 0 fully saturated rings. The fourth-order valence-corrected chi connectivity index (χ4v) is 2.35. The molecule has 0 spiro atoms. The molecule has 0 saturated carbocycles. The zero-order valence-corrected chi connectivity index (χ0v) is 11.3. The van der Waals surface area contributed by atoms with E-state index in [0.717, 1.165) is 22.5 Å². The van der Waals surface area contributed by atoms with E-state index in [4.69, 9.17) is 4.42 Å². The van der Waals surface area contributed by atoms with Crippen molar-refractivity contribution in [2.24, 2.45) is 0 Å². The van der Waals surface area contributed by atoms with Gasteiger partial charge in [0.2, 0.25) is 0 Å². The molecule has 0 radical (unpaired) electrons. The highest BCUT2D eigenvalue weighted by Crippen LogP contribution is 2.31. The summed E-state index contributed by atoms with van der Waals surface area (Å²) < 4.78 is 42.8. The third-order valence-electron chi connectivity index (χ3n) is 2.07. The highest BCUT2D eigenvalue weighted by Gasteiger charge is 2.33. The number of aromatic nitrogens is 1. The van der Waals surface area contributed by atoms with E-state index in [2.05, 4.69) is 26.2 Å². The van der Waals surface area contributed by atoms with Gasteiger partial charge in [-0.25, -0.2) is 4.98 Å². The second kappa shape index (κ2) is 5.31. The molecule has 2 aromatic heterocycles. The lowest BCUT2D eigenvalue weighted by molar-refractivity contribution is -0.140. The van der Waals surface area contributed by atoms with Crippen molar-refractivity contribution in [2.75, 3.05) is 11.9 Å². The molecule has 1 N–H and O–H groups in total. The fraction of sp³-hybridized carbons (Fsp3) is 0.300. The quantitative estimate of drug-likeness (QED) is 0.907. The lowest BCUT2D eigenvalue weighted by atomic mass is 10.3. The van der Waals surface area contributed by atoms with Gasteiger partial charge in [-0.3, -0.25) is 0 Å². The van der Waals surface area contributed by atoms with Gasteiger partial charge in [0.15, 0.2) is 15.5 Å². The van der Waals surface area contributed by atoms with E-state index in [0.29, 0.717) is 17.6 Å². The number of hydrogen-bond acceptors (Lipinski definition) is 4. The molecule has 8 heteroatoms. The van der Waals surface area contributed by atoms with Crippen LogP contribution < -0.4 is 5.32 Å². The Labute approximate surface area is 113 Å². The van der Waals surface area contributed by atoms with Gasteiger partial charge in [-0.2, -0.15) is 13.2 Å². The number of alkyl halides is 3. The molecule has 2 heterocycles. The second-order valence-electron chi connectivity index (χ2n) is 3.42. The molecule has 0 bridgehead atoms. The minimum absolute atomic E-state index is 0.257. The summed E-state index contributed by atoms with van der Waals surface area (Å²) in [6.07, 6.45) is -3.81. The Hall–Kier alpha value is -1.02. The van der Waals surface area contributed by atoms with Crippen LogP contribution in [0.1, 0.15) is 11.5 Å². The Kier molecular flexibility index (Phi) is 3.96. The number of thiazole rings is 1. The van der Waals surface area contributed by atoms with E-state index in [-0.39, 0.29) is 5.13 Å². The Morgan fingerprint density at radius 2 is 2.17 bits per heavy atom. The molecule has 0 aliphatic rings. The van der Waals surface area contributed by atoms with Crippen LogP contribution in [0.15, 0.2) is 26.6 Å². The van der Waals surface area contributed by atoms with Gasteiger partial charge in [-0.05, 0) is 28.1 Å². The minimum atomic E-state index is -4.39. The third kappa shape index (κ3) is 3.49. The standard InChI is InChI=1S/C10H8BrF3N2OS/c11-8-2-1-6(17-8)3-4-15-9-16-7(5-18-9)10(12,13)14/h1-2,5H,3-4H2,(H,15,16). The maximum Gasteiger partial charge on any atom is 0.434 e. The van der Waals surface area contributed by atoms with Gasteiger partial charge in [0.05, 0.1) is 0 Å². The van der Waals surface area contributed by atoms with Crippen molar-refractivity contribution in [3.05, 3.63) is 33.6 Å². The van der Waals surface area contributed by atoms with Crippen molar-refractivity contribution in [3.8, 4) is 0 Å². The molecular formula is C10H8BrF3N2OS. The van der Waals surface area contributed by atoms with Crippen LogP contribution in [0, 0.1) is 0 Å². The van der Waals surface area contributed by atoms with Gasteiger partial charge in [0, 0.05) is 18.3 Å². The number of hydrogen-bond donors (Lipinski definition) is 1. The van der Waals surface area contributed by atoms with Crippen molar-refractivity contribution in [1.82, 2.24) is 4.98 Å². The summed E-state index contributed by atoms with van der Waals surface area (Å²) in [6.45, 7) is 0.463. The molecule has 0 saturated heterocycles. The number of rotatable bonds is 4. The predicted molar refractivity (Wildman–Crippen MR) is 65.7 cm³/mol. The monoisotopic (exact) mass is 340 g/mol. The zero-order valence-electron chi connectivity index (χ0n) is 8.92. The van der Waals surface area contributed by atoms with Gasteiger partial charge in [-0.1, -0.05) is 0 Å². The molecule has 0 aliphatic carbocycles. The van der Waals surface area contributed by atoms with E-state index < -0.39 is 11.9 Å². The Morgan fingerprint density at radius 1 is 1.39 bits per heavy atom. The summed E-state index contributed by atoms with van der Waals surface area (Å²) >= 11 is 4.11. The highest BCUT2D eigenvalue weighted by atomic mass is 79.9. The second-order valence-corrected chi connectivity index (χ2v) is 5.06. The van der Waals surface area contributed by atoms with E-state index in [1.54, 1.807) is 12.1 Å². The van der Waals surface area contributed by atoms with Crippen molar-refractivity contribution < 1.29 is 17.6 Å². The summed E-state index contributed by atoms with van der Waals surface area (Å²) in [6, 6.07) is 3.56. The molecule has 0 aromatic carbocycles. The fourth-order valence-electron chi connectivity index (χ4n) is 1.26. The van der Waals surface area contributed by atoms with Crippen molar-refractivity contribution in [3.63, 3.8) is 0 Å². The largest absolute Gasteiger partial charge is 0.454 e. The van der Waals surface area contributed by atoms with Gasteiger partial charge >= 0.3 is 6.18 Å². The molecule has 98 valence electrons. The van der Waals surface area contributed by atoms with Crippen molar-refractivity contribution in [1.29, 1.82) is 0 Å². The van der Waals surface area contributed by atoms with E-state index in [9.17, 15) is 13.2 Å². The topological polar surface area (TPSA) is 38.1 Å². The minimum Gasteiger partial charge on any atom is -0.454 e. The van der Waals surface area contributed by atoms with E-state index in [1.165, 1.54) is 0 Å². The summed E-state index contributed by atoms with van der Waals surface area (Å²) in [4.78, 5) is 3.46. The summed E-state index contributed by atoms with van der Waals surface area (Å²) in [5.74, 6) is 0.752. The zero-order chi connectivity index (χ0) is 13.2. The maximum absolute atomic E-state index is 12.3.